The predicted octanol–water partition coefficient (Wildman–Crippen LogP) is 17.8. The second kappa shape index (κ2) is 17.7. The fourth-order valence-corrected chi connectivity index (χ4v) is 15.9. The third-order valence-electron chi connectivity index (χ3n) is 19.7. The SMILES string of the molecule is CC1(c2ccccc2)c2cccc3c2B2c4c(cc(N5c6ccccc6C6(C)CCCCC56C)cc4N(c4c(-c5ccccc5)cccc4-c4ccccc4)c4cccc1c42)N3c1c(-c2ccccc2)cccc1-c1ccccc1. The molecule has 80 heavy (non-hydrogen) atoms. The molecule has 16 rings (SSSR count). The van der Waals surface area contributed by atoms with E-state index in [1.807, 2.05) is 0 Å². The summed E-state index contributed by atoms with van der Waals surface area (Å²) in [5, 5.41) is 0. The third-order valence-corrected chi connectivity index (χ3v) is 19.7. The maximum absolute atomic E-state index is 2.81. The number of nitrogens with zero attached hydrogens (tertiary/aromatic N) is 3. The van der Waals surface area contributed by atoms with Gasteiger partial charge in [0.25, 0.3) is 6.71 Å². The molecule has 1 fully saturated rings. The molecule has 0 spiro atoms. The molecule has 4 aliphatic heterocycles. The summed E-state index contributed by atoms with van der Waals surface area (Å²) >= 11 is 0. The fraction of sp³-hybridized carbons (Fsp3) is 0.132. The van der Waals surface area contributed by atoms with Gasteiger partial charge in [0.15, 0.2) is 0 Å². The largest absolute Gasteiger partial charge is 0.334 e. The Morgan fingerprint density at radius 1 is 0.338 bits per heavy atom. The van der Waals surface area contributed by atoms with Gasteiger partial charge in [0.1, 0.15) is 0 Å². The average molecular weight is 1030 g/mol. The molecule has 0 aromatic heterocycles. The molecule has 3 nitrogen and oxygen atoms in total. The van der Waals surface area contributed by atoms with Crippen LogP contribution in [0.1, 0.15) is 68.7 Å². The Kier molecular flexibility index (Phi) is 10.4. The molecule has 11 aromatic rings. The van der Waals surface area contributed by atoms with E-state index in [4.69, 9.17) is 0 Å². The van der Waals surface area contributed by atoms with Gasteiger partial charge in [0, 0.05) is 67.2 Å². The number of fused-ring (bicyclic) bond motifs is 3. The smallest absolute Gasteiger partial charge is 0.252 e. The summed E-state index contributed by atoms with van der Waals surface area (Å²) in [5.41, 5.74) is 28.0. The monoisotopic (exact) mass is 1030 g/mol. The Hall–Kier alpha value is -9.12. The first-order valence-corrected chi connectivity index (χ1v) is 28.8. The lowest BCUT2D eigenvalue weighted by Crippen LogP contribution is -2.67. The van der Waals surface area contributed by atoms with Crippen molar-refractivity contribution in [3.05, 3.63) is 283 Å². The van der Waals surface area contributed by atoms with Crippen LogP contribution in [0.15, 0.2) is 261 Å². The van der Waals surface area contributed by atoms with Crippen LogP contribution < -0.4 is 31.1 Å². The van der Waals surface area contributed by atoms with Crippen LogP contribution in [0.2, 0.25) is 0 Å². The van der Waals surface area contributed by atoms with Crippen LogP contribution in [0, 0.1) is 0 Å². The van der Waals surface area contributed by atoms with Crippen molar-refractivity contribution >= 4 is 68.6 Å². The first-order chi connectivity index (χ1) is 39.4. The van der Waals surface area contributed by atoms with E-state index in [9.17, 15) is 0 Å². The second-order valence-electron chi connectivity index (χ2n) is 23.5. The summed E-state index contributed by atoms with van der Waals surface area (Å²) in [7, 11) is 0. The van der Waals surface area contributed by atoms with Crippen molar-refractivity contribution in [2.24, 2.45) is 0 Å². The molecular formula is C76H60BN3. The Morgan fingerprint density at radius 2 is 0.713 bits per heavy atom. The first kappa shape index (κ1) is 46.9. The van der Waals surface area contributed by atoms with Crippen molar-refractivity contribution in [2.75, 3.05) is 14.7 Å². The van der Waals surface area contributed by atoms with Crippen LogP contribution >= 0.6 is 0 Å². The standard InChI is InChI=1S/C76H60BN3/c1-74-47-21-22-48-75(74,2)80(64-44-20-19-41-61(64)74)56-49-67-71-68(50-56)79(73-59(53-31-13-6-14-32-53)39-24-40-60(73)54-33-15-7-16-34-54)66-46-26-43-63-70(66)77(71)69-62(76(63,3)55-35-17-8-18-36-55)42-25-45-65(69)78(67)72-57(51-27-9-4-10-28-51)37-23-38-58(72)52-29-11-5-12-30-52/h4-20,23-46,49-50H,21-22,47-48H2,1-3H3. The molecule has 0 saturated heterocycles. The highest BCUT2D eigenvalue weighted by atomic mass is 15.3. The molecule has 382 valence electrons. The van der Waals surface area contributed by atoms with Crippen molar-refractivity contribution in [1.29, 1.82) is 0 Å². The number of anilines is 8. The van der Waals surface area contributed by atoms with E-state index in [-0.39, 0.29) is 17.7 Å². The first-order valence-electron chi connectivity index (χ1n) is 28.8. The maximum atomic E-state index is 2.81. The van der Waals surface area contributed by atoms with Gasteiger partial charge in [-0.05, 0) is 118 Å². The van der Waals surface area contributed by atoms with Gasteiger partial charge in [-0.2, -0.15) is 0 Å². The second-order valence-corrected chi connectivity index (χ2v) is 23.5. The van der Waals surface area contributed by atoms with Gasteiger partial charge in [-0.15, -0.1) is 0 Å². The van der Waals surface area contributed by atoms with Crippen LogP contribution in [0.3, 0.4) is 0 Å². The van der Waals surface area contributed by atoms with Crippen LogP contribution in [0.5, 0.6) is 0 Å². The van der Waals surface area contributed by atoms with Gasteiger partial charge in [-0.1, -0.05) is 250 Å². The van der Waals surface area contributed by atoms with Crippen molar-refractivity contribution in [3.63, 3.8) is 0 Å². The molecule has 0 N–H and O–H groups in total. The highest BCUT2D eigenvalue weighted by Gasteiger charge is 2.59. The fourth-order valence-electron chi connectivity index (χ4n) is 15.9. The van der Waals surface area contributed by atoms with E-state index in [1.54, 1.807) is 0 Å². The zero-order valence-electron chi connectivity index (χ0n) is 45.6. The van der Waals surface area contributed by atoms with Crippen LogP contribution in [-0.2, 0) is 10.8 Å². The van der Waals surface area contributed by atoms with Gasteiger partial charge < -0.3 is 14.7 Å². The summed E-state index contributed by atoms with van der Waals surface area (Å²) in [6.45, 7) is 7.57. The van der Waals surface area contributed by atoms with Gasteiger partial charge in [-0.25, -0.2) is 0 Å². The summed E-state index contributed by atoms with van der Waals surface area (Å²) < 4.78 is 0. The molecule has 2 atom stereocenters. The maximum Gasteiger partial charge on any atom is 0.252 e. The van der Waals surface area contributed by atoms with Crippen molar-refractivity contribution < 1.29 is 0 Å². The molecule has 0 radical (unpaired) electrons. The molecular weight excluding hydrogens is 966 g/mol. The van der Waals surface area contributed by atoms with Crippen molar-refractivity contribution in [3.8, 4) is 44.5 Å². The molecule has 1 aliphatic carbocycles. The van der Waals surface area contributed by atoms with Gasteiger partial charge in [-0.3, -0.25) is 0 Å². The molecule has 4 heteroatoms. The average Bonchev–Trinajstić information content (AvgIpc) is 2.48. The van der Waals surface area contributed by atoms with Gasteiger partial charge in [0.05, 0.1) is 16.9 Å². The van der Waals surface area contributed by atoms with Crippen LogP contribution in [0.4, 0.5) is 45.5 Å². The van der Waals surface area contributed by atoms with E-state index in [2.05, 4.69) is 296 Å². The number of rotatable bonds is 8. The summed E-state index contributed by atoms with van der Waals surface area (Å²) in [6.07, 6.45) is 4.67. The lowest BCUT2D eigenvalue weighted by molar-refractivity contribution is 0.195. The molecule has 4 heterocycles. The number of benzene rings is 11. The Balaban J connectivity index is 1.11. The predicted molar refractivity (Wildman–Crippen MR) is 337 cm³/mol. The van der Waals surface area contributed by atoms with E-state index in [0.29, 0.717) is 0 Å². The minimum Gasteiger partial charge on any atom is -0.334 e. The van der Waals surface area contributed by atoms with E-state index < -0.39 is 5.41 Å². The number of hydrogen-bond donors (Lipinski definition) is 0. The summed E-state index contributed by atoms with van der Waals surface area (Å²) in [4.78, 5) is 8.27. The Morgan fingerprint density at radius 3 is 1.18 bits per heavy atom. The molecule has 1 saturated carbocycles. The van der Waals surface area contributed by atoms with Crippen LogP contribution in [-0.4, -0.2) is 12.3 Å². The minimum absolute atomic E-state index is 0.0522. The van der Waals surface area contributed by atoms with E-state index in [0.717, 1.165) is 12.8 Å². The minimum atomic E-state index is -0.511. The normalized spacial score (nSPS) is 18.6. The van der Waals surface area contributed by atoms with Gasteiger partial charge in [0.2, 0.25) is 0 Å². The molecule has 0 amide bonds. The zero-order chi connectivity index (χ0) is 53.3. The highest BCUT2D eigenvalue weighted by Crippen LogP contribution is 2.63. The van der Waals surface area contributed by atoms with Gasteiger partial charge >= 0.3 is 0 Å². The van der Waals surface area contributed by atoms with E-state index >= 15 is 0 Å². The molecule has 11 aromatic carbocycles. The summed E-state index contributed by atoms with van der Waals surface area (Å²) in [5.74, 6) is 0. The van der Waals surface area contributed by atoms with Crippen LogP contribution in [0.25, 0.3) is 44.5 Å². The van der Waals surface area contributed by atoms with Crippen molar-refractivity contribution in [2.45, 2.75) is 62.8 Å². The lowest BCUT2D eigenvalue weighted by Gasteiger charge is -2.53. The molecule has 2 unspecified atom stereocenters. The third kappa shape index (κ3) is 6.45. The zero-order valence-corrected chi connectivity index (χ0v) is 45.6. The lowest BCUT2D eigenvalue weighted by atomic mass is 9.28. The number of hydrogen-bond acceptors (Lipinski definition) is 3. The highest BCUT2D eigenvalue weighted by molar-refractivity contribution is 7.01. The molecule has 0 bridgehead atoms. The van der Waals surface area contributed by atoms with E-state index in [1.165, 1.54) is 141 Å². The number of para-hydroxylation sites is 3. The Labute approximate surface area is 471 Å². The topological polar surface area (TPSA) is 9.72 Å². The Bertz CT molecular complexity index is 3930. The summed E-state index contributed by atoms with van der Waals surface area (Å²) in [6, 6.07) is 98.9. The molecule has 5 aliphatic rings. The quantitative estimate of drug-likeness (QED) is 0.140. The van der Waals surface area contributed by atoms with Crippen molar-refractivity contribution in [1.82, 2.24) is 0 Å².